The number of nitrogens with zero attached hydrogens (tertiary/aromatic N) is 2. The van der Waals surface area contributed by atoms with Crippen molar-refractivity contribution < 1.29 is 0 Å². The largest absolute Gasteiger partial charge is 0.346 e. The smallest absolute Gasteiger partial charge is 0.137 e. The highest BCUT2D eigenvalue weighted by atomic mass is 15.2. The van der Waals surface area contributed by atoms with E-state index in [1.807, 2.05) is 12.3 Å². The van der Waals surface area contributed by atoms with E-state index >= 15 is 0 Å². The lowest BCUT2D eigenvalue weighted by Crippen LogP contribution is -2.43. The fourth-order valence-corrected chi connectivity index (χ4v) is 4.12. The molecule has 2 aromatic heterocycles. The molecule has 2 aliphatic heterocycles. The molecule has 4 nitrogen and oxygen atoms in total. The molecule has 106 valence electrons. The van der Waals surface area contributed by atoms with Gasteiger partial charge in [0, 0.05) is 43.0 Å². The first kappa shape index (κ1) is 12.4. The third kappa shape index (κ3) is 1.71. The van der Waals surface area contributed by atoms with Crippen molar-refractivity contribution in [3.63, 3.8) is 0 Å². The molecule has 0 amide bonds. The summed E-state index contributed by atoms with van der Waals surface area (Å²) in [5, 5.41) is 4.81. The minimum absolute atomic E-state index is 0.278. The van der Waals surface area contributed by atoms with Crippen LogP contribution in [0, 0.1) is 11.8 Å². The van der Waals surface area contributed by atoms with E-state index < -0.39 is 0 Å². The number of pyridine rings is 1. The minimum atomic E-state index is 0.278. The van der Waals surface area contributed by atoms with Crippen molar-refractivity contribution in [3.05, 3.63) is 30.1 Å². The summed E-state index contributed by atoms with van der Waals surface area (Å²) in [5.41, 5.74) is 2.65. The summed E-state index contributed by atoms with van der Waals surface area (Å²) in [6.07, 6.45) is 3.97. The van der Waals surface area contributed by atoms with Crippen molar-refractivity contribution in [2.45, 2.75) is 25.9 Å². The van der Waals surface area contributed by atoms with Gasteiger partial charge in [-0.3, -0.25) is 4.90 Å². The summed E-state index contributed by atoms with van der Waals surface area (Å²) in [5.74, 6) is 1.60. The number of hydrogen-bond acceptors (Lipinski definition) is 3. The van der Waals surface area contributed by atoms with E-state index in [4.69, 9.17) is 0 Å². The number of hydrogen-bond donors (Lipinski definition) is 2. The number of nitrogens with one attached hydrogen (secondary N) is 2. The van der Waals surface area contributed by atoms with Gasteiger partial charge in [0.2, 0.25) is 0 Å². The predicted octanol–water partition coefficient (Wildman–Crippen LogP) is 1.99. The fourth-order valence-electron chi connectivity index (χ4n) is 4.12. The van der Waals surface area contributed by atoms with Crippen molar-refractivity contribution in [2.24, 2.45) is 11.8 Å². The van der Waals surface area contributed by atoms with Gasteiger partial charge in [-0.2, -0.15) is 0 Å². The molecule has 0 aliphatic carbocycles. The van der Waals surface area contributed by atoms with E-state index in [1.54, 1.807) is 0 Å². The minimum Gasteiger partial charge on any atom is -0.346 e. The van der Waals surface area contributed by atoms with E-state index in [0.29, 0.717) is 0 Å². The molecule has 20 heavy (non-hydrogen) atoms. The molecule has 2 atom stereocenters. The van der Waals surface area contributed by atoms with Gasteiger partial charge < -0.3 is 10.3 Å². The molecule has 2 aliphatic rings. The van der Waals surface area contributed by atoms with Crippen LogP contribution in [0.5, 0.6) is 0 Å². The van der Waals surface area contributed by atoms with Crippen LogP contribution in [0.15, 0.2) is 24.5 Å². The van der Waals surface area contributed by atoms with E-state index in [2.05, 4.69) is 46.3 Å². The molecule has 2 saturated heterocycles. The maximum Gasteiger partial charge on any atom is 0.137 e. The Bertz CT molecular complexity index is 630. The Kier molecular flexibility index (Phi) is 2.66. The van der Waals surface area contributed by atoms with Crippen molar-refractivity contribution >= 4 is 11.0 Å². The highest BCUT2D eigenvalue weighted by Crippen LogP contribution is 2.41. The third-order valence-corrected chi connectivity index (χ3v) is 5.42. The fraction of sp³-hybridized carbons (Fsp3) is 0.562. The number of fused-ring (bicyclic) bond motifs is 2. The predicted molar refractivity (Wildman–Crippen MR) is 80.4 cm³/mol. The van der Waals surface area contributed by atoms with Crippen LogP contribution in [0.2, 0.25) is 0 Å². The Labute approximate surface area is 119 Å². The van der Waals surface area contributed by atoms with Gasteiger partial charge >= 0.3 is 0 Å². The number of aromatic nitrogens is 2. The molecule has 4 heterocycles. The van der Waals surface area contributed by atoms with Gasteiger partial charge in [0.25, 0.3) is 0 Å². The summed E-state index contributed by atoms with van der Waals surface area (Å²) < 4.78 is 0. The standard InChI is InChI=1S/C16H22N4/c1-16(2)14-8-17-6-12(14)10-20(16)9-11-7-19-15-13(11)4-3-5-18-15/h3-5,7,12,14,17H,6,8-10H2,1-2H3,(H,18,19). The van der Waals surface area contributed by atoms with Crippen molar-refractivity contribution in [2.75, 3.05) is 19.6 Å². The quantitative estimate of drug-likeness (QED) is 0.877. The summed E-state index contributed by atoms with van der Waals surface area (Å²) in [7, 11) is 0. The molecular formula is C16H22N4. The van der Waals surface area contributed by atoms with Crippen LogP contribution >= 0.6 is 0 Å². The van der Waals surface area contributed by atoms with Gasteiger partial charge in [0.15, 0.2) is 0 Å². The summed E-state index contributed by atoms with van der Waals surface area (Å²) in [6.45, 7) is 9.38. The zero-order chi connectivity index (χ0) is 13.7. The average Bonchev–Trinajstić information content (AvgIpc) is 3.10. The molecule has 0 saturated carbocycles. The maximum absolute atomic E-state index is 4.39. The molecule has 0 bridgehead atoms. The molecular weight excluding hydrogens is 248 g/mol. The average molecular weight is 270 g/mol. The van der Waals surface area contributed by atoms with Gasteiger partial charge in [-0.25, -0.2) is 4.98 Å². The second kappa shape index (κ2) is 4.30. The topological polar surface area (TPSA) is 44.0 Å². The van der Waals surface area contributed by atoms with Crippen LogP contribution < -0.4 is 5.32 Å². The first-order valence-electron chi connectivity index (χ1n) is 7.53. The van der Waals surface area contributed by atoms with Crippen LogP contribution in [-0.4, -0.2) is 40.0 Å². The van der Waals surface area contributed by atoms with Gasteiger partial charge in [-0.1, -0.05) is 0 Å². The van der Waals surface area contributed by atoms with Gasteiger partial charge in [0.05, 0.1) is 0 Å². The van der Waals surface area contributed by atoms with Crippen LogP contribution in [0.25, 0.3) is 11.0 Å². The monoisotopic (exact) mass is 270 g/mol. The van der Waals surface area contributed by atoms with Crippen molar-refractivity contribution in [1.82, 2.24) is 20.2 Å². The lowest BCUT2D eigenvalue weighted by molar-refractivity contribution is 0.132. The van der Waals surface area contributed by atoms with Crippen molar-refractivity contribution in [1.29, 1.82) is 0 Å². The Hall–Kier alpha value is -1.39. The third-order valence-electron chi connectivity index (χ3n) is 5.42. The van der Waals surface area contributed by atoms with E-state index in [0.717, 1.165) is 24.0 Å². The first-order valence-corrected chi connectivity index (χ1v) is 7.53. The molecule has 2 N–H and O–H groups in total. The molecule has 2 aromatic rings. The van der Waals surface area contributed by atoms with Crippen LogP contribution in [0.4, 0.5) is 0 Å². The Morgan fingerprint density at radius 2 is 2.30 bits per heavy atom. The number of aromatic amines is 1. The first-order chi connectivity index (χ1) is 9.66. The van der Waals surface area contributed by atoms with Gasteiger partial charge in [-0.15, -0.1) is 0 Å². The SMILES string of the molecule is CC1(C)C2CNCC2CN1Cc1c[nH]c2ncccc12. The lowest BCUT2D eigenvalue weighted by Gasteiger charge is -2.35. The van der Waals surface area contributed by atoms with E-state index in [1.165, 1.54) is 30.6 Å². The number of rotatable bonds is 2. The molecule has 0 spiro atoms. The second-order valence-electron chi connectivity index (χ2n) is 6.77. The Balaban J connectivity index is 1.63. The summed E-state index contributed by atoms with van der Waals surface area (Å²) in [6, 6.07) is 4.19. The molecule has 4 rings (SSSR count). The number of H-pyrrole nitrogens is 1. The highest BCUT2D eigenvalue weighted by Gasteiger charge is 2.49. The van der Waals surface area contributed by atoms with Crippen LogP contribution in [0.3, 0.4) is 0 Å². The highest BCUT2D eigenvalue weighted by molar-refractivity contribution is 5.79. The van der Waals surface area contributed by atoms with Crippen LogP contribution in [0.1, 0.15) is 19.4 Å². The van der Waals surface area contributed by atoms with Gasteiger partial charge in [-0.05, 0) is 49.9 Å². The van der Waals surface area contributed by atoms with Crippen molar-refractivity contribution in [3.8, 4) is 0 Å². The summed E-state index contributed by atoms with van der Waals surface area (Å²) >= 11 is 0. The maximum atomic E-state index is 4.39. The molecule has 0 radical (unpaired) electrons. The second-order valence-corrected chi connectivity index (χ2v) is 6.77. The van der Waals surface area contributed by atoms with E-state index in [-0.39, 0.29) is 5.54 Å². The molecule has 2 unspecified atom stereocenters. The van der Waals surface area contributed by atoms with Crippen LogP contribution in [-0.2, 0) is 6.54 Å². The van der Waals surface area contributed by atoms with Gasteiger partial charge in [0.1, 0.15) is 5.65 Å². The normalized spacial score (nSPS) is 29.1. The lowest BCUT2D eigenvalue weighted by atomic mass is 9.85. The Morgan fingerprint density at radius 3 is 3.15 bits per heavy atom. The summed E-state index contributed by atoms with van der Waals surface area (Å²) in [4.78, 5) is 10.3. The zero-order valence-corrected chi connectivity index (χ0v) is 12.2. The molecule has 4 heteroatoms. The zero-order valence-electron chi connectivity index (χ0n) is 12.2. The molecule has 2 fully saturated rings. The van der Waals surface area contributed by atoms with E-state index in [9.17, 15) is 0 Å². The number of likely N-dealkylation sites (tertiary alicyclic amines) is 1. The molecule has 0 aromatic carbocycles. The Morgan fingerprint density at radius 1 is 1.40 bits per heavy atom.